The van der Waals surface area contributed by atoms with Gasteiger partial charge in [0.2, 0.25) is 0 Å². The molecule has 1 aromatic carbocycles. The van der Waals surface area contributed by atoms with Crippen LogP contribution in [0.15, 0.2) is 34.9 Å². The summed E-state index contributed by atoms with van der Waals surface area (Å²) in [5.74, 6) is -0.287. The molecule has 1 atom stereocenters. The molecule has 3 nitrogen and oxygen atoms in total. The highest BCUT2D eigenvalue weighted by atomic mass is 79.9. The number of aryl methyl sites for hydroxylation is 1. The second kappa shape index (κ2) is 5.63. The number of benzene rings is 1. The molecule has 18 heavy (non-hydrogen) atoms. The van der Waals surface area contributed by atoms with Crippen LogP contribution in [0.5, 0.6) is 0 Å². The third kappa shape index (κ3) is 2.62. The molecule has 0 radical (unpaired) electrons. The molecule has 1 unspecified atom stereocenters. The second-order valence-corrected chi connectivity index (χ2v) is 4.98. The van der Waals surface area contributed by atoms with Crippen molar-refractivity contribution in [2.75, 3.05) is 0 Å². The van der Waals surface area contributed by atoms with Crippen molar-refractivity contribution >= 4 is 15.9 Å². The lowest BCUT2D eigenvalue weighted by Gasteiger charge is -2.16. The van der Waals surface area contributed by atoms with Crippen molar-refractivity contribution in [2.24, 2.45) is 5.73 Å². The number of aromatic nitrogens is 2. The third-order valence-corrected chi connectivity index (χ3v) is 3.52. The molecule has 1 aromatic heterocycles. The predicted molar refractivity (Wildman–Crippen MR) is 72.6 cm³/mol. The topological polar surface area (TPSA) is 43.8 Å². The summed E-state index contributed by atoms with van der Waals surface area (Å²) in [5, 5.41) is 4.23. The Kier molecular flexibility index (Phi) is 4.14. The van der Waals surface area contributed by atoms with Gasteiger partial charge in [-0.25, -0.2) is 4.39 Å². The molecule has 2 rings (SSSR count). The molecule has 0 bridgehead atoms. The highest BCUT2D eigenvalue weighted by Crippen LogP contribution is 2.27. The molecule has 0 fully saturated rings. The monoisotopic (exact) mass is 311 g/mol. The van der Waals surface area contributed by atoms with E-state index in [1.807, 2.05) is 10.7 Å². The van der Waals surface area contributed by atoms with E-state index in [1.54, 1.807) is 12.3 Å². The Labute approximate surface area is 114 Å². The molecule has 96 valence electrons. The van der Waals surface area contributed by atoms with Gasteiger partial charge in [-0.1, -0.05) is 22.9 Å². The van der Waals surface area contributed by atoms with Crippen LogP contribution < -0.4 is 5.73 Å². The smallest absolute Gasteiger partial charge is 0.123 e. The number of rotatable bonds is 4. The first-order valence-electron chi connectivity index (χ1n) is 5.85. The molecule has 0 saturated heterocycles. The van der Waals surface area contributed by atoms with E-state index in [-0.39, 0.29) is 11.9 Å². The zero-order chi connectivity index (χ0) is 13.1. The zero-order valence-electron chi connectivity index (χ0n) is 10.1. The fourth-order valence-corrected chi connectivity index (χ4v) is 2.41. The molecule has 0 aliphatic rings. The Morgan fingerprint density at radius 3 is 2.94 bits per heavy atom. The highest BCUT2D eigenvalue weighted by molar-refractivity contribution is 9.10. The normalized spacial score (nSPS) is 12.7. The molecular formula is C13H15BrFN3. The molecule has 0 amide bonds. The molecule has 2 N–H and O–H groups in total. The van der Waals surface area contributed by atoms with Gasteiger partial charge in [0, 0.05) is 17.2 Å². The van der Waals surface area contributed by atoms with Crippen LogP contribution in [0.4, 0.5) is 4.39 Å². The van der Waals surface area contributed by atoms with Crippen molar-refractivity contribution in [3.8, 4) is 0 Å². The molecule has 2 aromatic rings. The molecule has 0 aliphatic heterocycles. The van der Waals surface area contributed by atoms with Crippen LogP contribution in [-0.4, -0.2) is 9.78 Å². The van der Waals surface area contributed by atoms with E-state index in [0.717, 1.165) is 28.7 Å². The Bertz CT molecular complexity index is 539. The van der Waals surface area contributed by atoms with E-state index in [1.165, 1.54) is 12.1 Å². The van der Waals surface area contributed by atoms with E-state index in [9.17, 15) is 4.39 Å². The van der Waals surface area contributed by atoms with E-state index in [0.29, 0.717) is 0 Å². The third-order valence-electron chi connectivity index (χ3n) is 2.80. The first kappa shape index (κ1) is 13.2. The lowest BCUT2D eigenvalue weighted by Crippen LogP contribution is -2.18. The van der Waals surface area contributed by atoms with Gasteiger partial charge in [0.25, 0.3) is 0 Å². The van der Waals surface area contributed by atoms with E-state index < -0.39 is 0 Å². The van der Waals surface area contributed by atoms with Crippen molar-refractivity contribution in [3.63, 3.8) is 0 Å². The van der Waals surface area contributed by atoms with E-state index in [4.69, 9.17) is 5.73 Å². The lowest BCUT2D eigenvalue weighted by atomic mass is 10.0. The van der Waals surface area contributed by atoms with Crippen LogP contribution in [0.25, 0.3) is 0 Å². The van der Waals surface area contributed by atoms with Crippen LogP contribution in [0, 0.1) is 5.82 Å². The Hall–Kier alpha value is -1.20. The fourth-order valence-electron chi connectivity index (χ4n) is 1.92. The molecule has 0 aliphatic carbocycles. The Morgan fingerprint density at radius 2 is 2.22 bits per heavy atom. The minimum Gasteiger partial charge on any atom is -0.319 e. The largest absolute Gasteiger partial charge is 0.319 e. The van der Waals surface area contributed by atoms with Crippen molar-refractivity contribution < 1.29 is 4.39 Å². The van der Waals surface area contributed by atoms with Gasteiger partial charge in [0.15, 0.2) is 0 Å². The summed E-state index contributed by atoms with van der Waals surface area (Å²) in [7, 11) is 0. The van der Waals surface area contributed by atoms with Crippen LogP contribution in [0.1, 0.15) is 30.6 Å². The summed E-state index contributed by atoms with van der Waals surface area (Å²) in [6.45, 7) is 2.89. The standard InChI is InChI=1S/C13H15BrFN3/c1-2-7-18-12(5-6-17-18)13(16)10-8-9(15)3-4-11(10)14/h3-6,8,13H,2,7,16H2,1H3. The summed E-state index contributed by atoms with van der Waals surface area (Å²) >= 11 is 3.40. The highest BCUT2D eigenvalue weighted by Gasteiger charge is 2.16. The van der Waals surface area contributed by atoms with Gasteiger partial charge in [0.1, 0.15) is 5.82 Å². The number of nitrogens with zero attached hydrogens (tertiary/aromatic N) is 2. The summed E-state index contributed by atoms with van der Waals surface area (Å²) in [6.07, 6.45) is 2.70. The van der Waals surface area contributed by atoms with Gasteiger partial charge in [0.05, 0.1) is 11.7 Å². The van der Waals surface area contributed by atoms with Gasteiger partial charge in [-0.3, -0.25) is 4.68 Å². The lowest BCUT2D eigenvalue weighted by molar-refractivity contribution is 0.557. The molecule has 5 heteroatoms. The van der Waals surface area contributed by atoms with Gasteiger partial charge in [-0.2, -0.15) is 5.10 Å². The summed E-state index contributed by atoms with van der Waals surface area (Å²) in [4.78, 5) is 0. The summed E-state index contributed by atoms with van der Waals surface area (Å²) < 4.78 is 16.0. The van der Waals surface area contributed by atoms with Crippen molar-refractivity contribution in [3.05, 3.63) is 52.0 Å². The van der Waals surface area contributed by atoms with Crippen molar-refractivity contribution in [1.29, 1.82) is 0 Å². The maximum atomic E-state index is 13.3. The minimum atomic E-state index is -0.385. The van der Waals surface area contributed by atoms with Gasteiger partial charge < -0.3 is 5.73 Å². The number of halogens is 2. The Morgan fingerprint density at radius 1 is 1.44 bits per heavy atom. The van der Waals surface area contributed by atoms with Crippen LogP contribution in [0.2, 0.25) is 0 Å². The first-order valence-corrected chi connectivity index (χ1v) is 6.65. The van der Waals surface area contributed by atoms with E-state index >= 15 is 0 Å². The average Bonchev–Trinajstić information content (AvgIpc) is 2.80. The molecular weight excluding hydrogens is 297 g/mol. The molecule has 1 heterocycles. The number of hydrogen-bond donors (Lipinski definition) is 1. The Balaban J connectivity index is 2.38. The molecule has 0 spiro atoms. The number of nitrogens with two attached hydrogens (primary N) is 1. The minimum absolute atomic E-state index is 0.287. The van der Waals surface area contributed by atoms with Crippen molar-refractivity contribution in [1.82, 2.24) is 9.78 Å². The van der Waals surface area contributed by atoms with Gasteiger partial charge >= 0.3 is 0 Å². The SMILES string of the molecule is CCCn1nccc1C(N)c1cc(F)ccc1Br. The van der Waals surface area contributed by atoms with Crippen LogP contribution in [-0.2, 0) is 6.54 Å². The fraction of sp³-hybridized carbons (Fsp3) is 0.308. The summed E-state index contributed by atoms with van der Waals surface area (Å²) in [6, 6.07) is 6.02. The van der Waals surface area contributed by atoms with Gasteiger partial charge in [-0.05, 0) is 36.2 Å². The molecule has 0 saturated carbocycles. The van der Waals surface area contributed by atoms with E-state index in [2.05, 4.69) is 28.0 Å². The number of hydrogen-bond acceptors (Lipinski definition) is 2. The summed E-state index contributed by atoms with van der Waals surface area (Å²) in [5.41, 5.74) is 7.83. The second-order valence-electron chi connectivity index (χ2n) is 4.12. The first-order chi connectivity index (χ1) is 8.63. The zero-order valence-corrected chi connectivity index (χ0v) is 11.7. The maximum Gasteiger partial charge on any atom is 0.123 e. The van der Waals surface area contributed by atoms with Gasteiger partial charge in [-0.15, -0.1) is 0 Å². The quantitative estimate of drug-likeness (QED) is 0.942. The van der Waals surface area contributed by atoms with Crippen LogP contribution >= 0.6 is 15.9 Å². The van der Waals surface area contributed by atoms with Crippen LogP contribution in [0.3, 0.4) is 0 Å². The maximum absolute atomic E-state index is 13.3. The van der Waals surface area contributed by atoms with Crippen molar-refractivity contribution in [2.45, 2.75) is 25.9 Å². The predicted octanol–water partition coefficient (Wildman–Crippen LogP) is 3.24. The average molecular weight is 312 g/mol.